The summed E-state index contributed by atoms with van der Waals surface area (Å²) in [7, 11) is -1.84. The van der Waals surface area contributed by atoms with E-state index in [1.54, 1.807) is 22.9 Å². The third-order valence-electron chi connectivity index (χ3n) is 9.81. The number of carbonyl (C=O) groups is 2. The van der Waals surface area contributed by atoms with E-state index in [2.05, 4.69) is 47.5 Å². The summed E-state index contributed by atoms with van der Waals surface area (Å²) in [6.45, 7) is 0.366. The molecule has 0 unspecified atom stereocenters. The first-order chi connectivity index (χ1) is 24.5. The van der Waals surface area contributed by atoms with Gasteiger partial charge in [0.25, 0.3) is 0 Å². The molecule has 3 fully saturated rings. The van der Waals surface area contributed by atoms with E-state index in [9.17, 15) is 26.8 Å². The zero-order valence-corrected chi connectivity index (χ0v) is 28.9. The normalized spacial score (nSPS) is 18.8. The number of amides is 3. The average molecular weight is 724 g/mol. The molecule has 51 heavy (non-hydrogen) atoms. The highest BCUT2D eigenvalue weighted by atomic mass is 32.2. The van der Waals surface area contributed by atoms with Crippen LogP contribution < -0.4 is 20.3 Å². The van der Waals surface area contributed by atoms with Crippen LogP contribution in [0.25, 0.3) is 10.9 Å². The minimum absolute atomic E-state index is 0.0630. The molecule has 5 heterocycles. The van der Waals surface area contributed by atoms with Crippen molar-refractivity contribution >= 4 is 44.6 Å². The van der Waals surface area contributed by atoms with Gasteiger partial charge in [-0.15, -0.1) is 0 Å². The summed E-state index contributed by atoms with van der Waals surface area (Å²) in [5.41, 5.74) is 3.08. The van der Waals surface area contributed by atoms with Crippen LogP contribution in [-0.4, -0.2) is 94.7 Å². The first-order valence-electron chi connectivity index (χ1n) is 17.0. The number of sulfonamides is 1. The molecule has 0 spiro atoms. The molecule has 2 N–H and O–H groups in total. The topological polar surface area (TPSA) is 155 Å². The standard InChI is InChI=1S/C34H39F2N9O5S/c1-42-29-18-24(5-6-28(29)31(41-42)45-16-11-30(46)40-34(45)47)23-7-12-43(13-8-23)21-22-3-2-4-27(17-22)51(48,49)44-14-9-25(10-15-44)39-33-37-19-26(20-38-33)50-32(35)36/h2-6,17-20,23,25,32H,7-16,21H2,1H3,(H,37,38,39)(H,40,46,47). The van der Waals surface area contributed by atoms with Crippen LogP contribution in [0.2, 0.25) is 0 Å². The first-order valence-corrected chi connectivity index (χ1v) is 18.4. The highest BCUT2D eigenvalue weighted by Gasteiger charge is 2.31. The lowest BCUT2D eigenvalue weighted by Crippen LogP contribution is -2.49. The minimum Gasteiger partial charge on any atom is -0.432 e. The molecule has 7 rings (SSSR count). The van der Waals surface area contributed by atoms with Crippen LogP contribution in [0.15, 0.2) is 59.8 Å². The highest BCUT2D eigenvalue weighted by molar-refractivity contribution is 7.89. The fourth-order valence-corrected chi connectivity index (χ4v) is 8.63. The van der Waals surface area contributed by atoms with Gasteiger partial charge in [-0.25, -0.2) is 23.2 Å². The lowest BCUT2D eigenvalue weighted by Gasteiger charge is -2.33. The number of ether oxygens (including phenoxy) is 1. The Bertz CT molecular complexity index is 2010. The number of likely N-dealkylation sites (tertiary alicyclic amines) is 1. The van der Waals surface area contributed by atoms with E-state index in [1.165, 1.54) is 27.2 Å². The maximum absolute atomic E-state index is 13.6. The Morgan fingerprint density at radius 3 is 2.43 bits per heavy atom. The van der Waals surface area contributed by atoms with Crippen LogP contribution in [0.3, 0.4) is 0 Å². The smallest absolute Gasteiger partial charge is 0.387 e. The molecule has 0 atom stereocenters. The van der Waals surface area contributed by atoms with E-state index in [-0.39, 0.29) is 35.0 Å². The number of nitrogens with one attached hydrogen (secondary N) is 2. The summed E-state index contributed by atoms with van der Waals surface area (Å²) >= 11 is 0. The molecule has 0 radical (unpaired) electrons. The number of hydrogen-bond donors (Lipinski definition) is 2. The van der Waals surface area contributed by atoms with Crippen molar-refractivity contribution in [3.8, 4) is 5.75 Å². The van der Waals surface area contributed by atoms with E-state index >= 15 is 0 Å². The van der Waals surface area contributed by atoms with Crippen LogP contribution in [-0.2, 0) is 28.4 Å². The summed E-state index contributed by atoms with van der Waals surface area (Å²) in [5, 5.41) is 11.0. The summed E-state index contributed by atoms with van der Waals surface area (Å²) in [5.74, 6) is 0.754. The van der Waals surface area contributed by atoms with Crippen LogP contribution in [0, 0.1) is 0 Å². The number of hydrogen-bond acceptors (Lipinski definition) is 10. The zero-order chi connectivity index (χ0) is 35.7. The van der Waals surface area contributed by atoms with E-state index in [4.69, 9.17) is 0 Å². The molecule has 2 aromatic carbocycles. The second kappa shape index (κ2) is 14.5. The number of anilines is 2. The largest absolute Gasteiger partial charge is 0.432 e. The van der Waals surface area contributed by atoms with Gasteiger partial charge < -0.3 is 10.1 Å². The highest BCUT2D eigenvalue weighted by Crippen LogP contribution is 2.34. The average Bonchev–Trinajstić information content (AvgIpc) is 3.44. The molecule has 3 aliphatic rings. The number of benzene rings is 2. The number of rotatable bonds is 10. The SMILES string of the molecule is Cn1nc(N2CCC(=O)NC2=O)c2ccc(C3CCN(Cc4cccc(S(=O)(=O)N5CCC(Nc6ncc(OC(F)F)cn6)CC5)c4)CC3)cc21. The molecule has 2 aromatic heterocycles. The fourth-order valence-electron chi connectivity index (χ4n) is 7.09. The Labute approximate surface area is 293 Å². The third-order valence-corrected chi connectivity index (χ3v) is 11.7. The van der Waals surface area contributed by atoms with Crippen LogP contribution in [0.5, 0.6) is 5.75 Å². The summed E-state index contributed by atoms with van der Waals surface area (Å²) < 4.78 is 59.5. The number of fused-ring (bicyclic) bond motifs is 1. The Morgan fingerprint density at radius 2 is 1.73 bits per heavy atom. The van der Waals surface area contributed by atoms with Gasteiger partial charge >= 0.3 is 12.6 Å². The Hall–Kier alpha value is -4.74. The molecule has 270 valence electrons. The van der Waals surface area contributed by atoms with Crippen molar-refractivity contribution in [3.05, 3.63) is 66.0 Å². The maximum Gasteiger partial charge on any atom is 0.387 e. The molecule has 0 bridgehead atoms. The number of piperidine rings is 2. The van der Waals surface area contributed by atoms with E-state index < -0.39 is 22.7 Å². The molecule has 3 amide bonds. The van der Waals surface area contributed by atoms with E-state index in [0.717, 1.165) is 42.4 Å². The number of carbonyl (C=O) groups excluding carboxylic acids is 2. The van der Waals surface area contributed by atoms with Gasteiger partial charge in [0.15, 0.2) is 11.6 Å². The number of urea groups is 1. The number of nitrogens with zero attached hydrogens (tertiary/aromatic N) is 7. The quantitative estimate of drug-likeness (QED) is 0.245. The maximum atomic E-state index is 13.6. The monoisotopic (exact) mass is 723 g/mol. The van der Waals surface area contributed by atoms with Crippen molar-refractivity contribution in [3.63, 3.8) is 0 Å². The number of halogens is 2. The Balaban J connectivity index is 0.924. The van der Waals surface area contributed by atoms with Crippen LogP contribution in [0.1, 0.15) is 49.1 Å². The van der Waals surface area contributed by atoms with Crippen LogP contribution in [0.4, 0.5) is 25.3 Å². The molecule has 0 aliphatic carbocycles. The van der Waals surface area contributed by atoms with Crippen molar-refractivity contribution in [1.82, 2.24) is 34.3 Å². The van der Waals surface area contributed by atoms with Gasteiger partial charge in [-0.3, -0.25) is 24.6 Å². The van der Waals surface area contributed by atoms with Crippen molar-refractivity contribution in [2.24, 2.45) is 7.05 Å². The zero-order valence-electron chi connectivity index (χ0n) is 28.0. The molecule has 4 aromatic rings. The molecule has 17 heteroatoms. The van der Waals surface area contributed by atoms with Gasteiger partial charge in [-0.1, -0.05) is 18.2 Å². The van der Waals surface area contributed by atoms with Crippen molar-refractivity contribution in [2.45, 2.75) is 62.1 Å². The van der Waals surface area contributed by atoms with Crippen LogP contribution >= 0.6 is 0 Å². The first kappa shape index (κ1) is 34.7. The Kier molecular flexibility index (Phi) is 9.85. The van der Waals surface area contributed by atoms with Crippen molar-refractivity contribution in [2.75, 3.05) is 42.9 Å². The molecule has 0 saturated carbocycles. The van der Waals surface area contributed by atoms with E-state index in [1.807, 2.05) is 19.2 Å². The second-order valence-electron chi connectivity index (χ2n) is 13.1. The molecule has 14 nitrogen and oxygen atoms in total. The van der Waals surface area contributed by atoms with Gasteiger partial charge in [0.2, 0.25) is 21.9 Å². The summed E-state index contributed by atoms with van der Waals surface area (Å²) in [6, 6.07) is 12.9. The molecular formula is C34H39F2N9O5S. The predicted octanol–water partition coefficient (Wildman–Crippen LogP) is 4.06. The summed E-state index contributed by atoms with van der Waals surface area (Å²) in [6.07, 6.45) is 5.55. The van der Waals surface area contributed by atoms with Gasteiger partial charge in [0.05, 0.1) is 22.8 Å². The lowest BCUT2D eigenvalue weighted by atomic mass is 9.89. The Morgan fingerprint density at radius 1 is 0.980 bits per heavy atom. The minimum atomic E-state index is -3.70. The van der Waals surface area contributed by atoms with Gasteiger partial charge in [0.1, 0.15) is 0 Å². The number of aryl methyl sites for hydroxylation is 1. The van der Waals surface area contributed by atoms with Gasteiger partial charge in [-0.2, -0.15) is 18.2 Å². The number of alkyl halides is 2. The number of imide groups is 1. The second-order valence-corrected chi connectivity index (χ2v) is 15.1. The van der Waals surface area contributed by atoms with Gasteiger partial charge in [0, 0.05) is 51.1 Å². The van der Waals surface area contributed by atoms with Crippen molar-refractivity contribution in [1.29, 1.82) is 0 Å². The summed E-state index contributed by atoms with van der Waals surface area (Å²) in [4.78, 5) is 36.2. The molecule has 3 saturated heterocycles. The molecule has 3 aliphatic heterocycles. The number of aromatic nitrogens is 4. The fraction of sp³-hybridized carbons (Fsp3) is 0.441. The molecular weight excluding hydrogens is 684 g/mol. The third kappa shape index (κ3) is 7.64. The van der Waals surface area contributed by atoms with Gasteiger partial charge in [-0.05, 0) is 80.1 Å². The van der Waals surface area contributed by atoms with E-state index in [0.29, 0.717) is 50.8 Å². The lowest BCUT2D eigenvalue weighted by molar-refractivity contribution is -0.120. The van der Waals surface area contributed by atoms with Crippen molar-refractivity contribution < 1.29 is 31.5 Å². The predicted molar refractivity (Wildman–Crippen MR) is 184 cm³/mol.